The zero-order chi connectivity index (χ0) is 19.2. The number of rotatable bonds is 3. The highest BCUT2D eigenvalue weighted by molar-refractivity contribution is 5.91. The second-order valence-corrected chi connectivity index (χ2v) is 5.93. The van der Waals surface area contributed by atoms with Crippen LogP contribution >= 0.6 is 0 Å². The maximum Gasteiger partial charge on any atom is 0.519 e. The van der Waals surface area contributed by atoms with Crippen LogP contribution in [0.2, 0.25) is 0 Å². The molecule has 1 aliphatic carbocycles. The van der Waals surface area contributed by atoms with E-state index in [1.807, 2.05) is 11.6 Å². The van der Waals surface area contributed by atoms with Crippen molar-refractivity contribution in [2.24, 2.45) is 7.05 Å². The van der Waals surface area contributed by atoms with Crippen molar-refractivity contribution in [2.75, 3.05) is 0 Å². The summed E-state index contributed by atoms with van der Waals surface area (Å²) in [7, 11) is 1.90. The van der Waals surface area contributed by atoms with E-state index in [1.165, 1.54) is 19.3 Å². The fourth-order valence-corrected chi connectivity index (χ4v) is 2.71. The van der Waals surface area contributed by atoms with E-state index in [0.29, 0.717) is 5.69 Å². The molecule has 1 saturated carbocycles. The summed E-state index contributed by atoms with van der Waals surface area (Å²) in [5.74, 6) is 0.0326. The molecule has 26 heavy (non-hydrogen) atoms. The van der Waals surface area contributed by atoms with E-state index in [1.54, 1.807) is 24.8 Å². The Morgan fingerprint density at radius 2 is 2.00 bits per heavy atom. The van der Waals surface area contributed by atoms with Crippen LogP contribution < -0.4 is 5.32 Å². The SMILES string of the molecule is Cn1cncc1-c1ccnc(C(=O)NC2CCCCC2)n1.OC(F)(F)F.[HH]. The van der Waals surface area contributed by atoms with Crippen LogP contribution in [-0.4, -0.2) is 42.9 Å². The first-order valence-corrected chi connectivity index (χ1v) is 8.13. The molecule has 0 bridgehead atoms. The van der Waals surface area contributed by atoms with E-state index in [4.69, 9.17) is 5.11 Å². The Hall–Kier alpha value is -2.49. The first-order valence-electron chi connectivity index (χ1n) is 8.13. The number of alkyl halides is 3. The summed E-state index contributed by atoms with van der Waals surface area (Å²) in [6, 6.07) is 2.05. The van der Waals surface area contributed by atoms with E-state index in [0.717, 1.165) is 18.5 Å². The van der Waals surface area contributed by atoms with Crippen LogP contribution in [0.1, 0.15) is 44.1 Å². The number of aryl methyl sites for hydroxylation is 1. The number of aliphatic hydroxyl groups is 1. The molecule has 2 N–H and O–H groups in total. The molecule has 144 valence electrons. The number of aromatic nitrogens is 4. The second-order valence-electron chi connectivity index (χ2n) is 5.93. The lowest BCUT2D eigenvalue weighted by atomic mass is 9.95. The number of hydrogen-bond donors (Lipinski definition) is 2. The molecule has 7 nitrogen and oxygen atoms in total. The predicted octanol–water partition coefficient (Wildman–Crippen LogP) is 2.68. The quantitative estimate of drug-likeness (QED) is 0.863. The van der Waals surface area contributed by atoms with Crippen molar-refractivity contribution >= 4 is 5.91 Å². The molecule has 0 unspecified atom stereocenters. The molecular formula is C16H22F3N5O2. The van der Waals surface area contributed by atoms with Crippen LogP contribution in [0.25, 0.3) is 11.4 Å². The average Bonchev–Trinajstić information content (AvgIpc) is 3.00. The van der Waals surface area contributed by atoms with Crippen molar-refractivity contribution in [1.29, 1.82) is 0 Å². The van der Waals surface area contributed by atoms with Crippen molar-refractivity contribution in [2.45, 2.75) is 44.5 Å². The Balaban J connectivity index is 0.000000542. The van der Waals surface area contributed by atoms with Gasteiger partial charge in [0.2, 0.25) is 5.82 Å². The molecular weight excluding hydrogens is 351 g/mol. The Morgan fingerprint density at radius 1 is 1.35 bits per heavy atom. The molecule has 1 amide bonds. The zero-order valence-electron chi connectivity index (χ0n) is 14.2. The maximum atomic E-state index is 12.3. The van der Waals surface area contributed by atoms with Crippen LogP contribution in [0.3, 0.4) is 0 Å². The predicted molar refractivity (Wildman–Crippen MR) is 89.0 cm³/mol. The highest BCUT2D eigenvalue weighted by atomic mass is 19.4. The number of amides is 1. The zero-order valence-corrected chi connectivity index (χ0v) is 14.2. The normalized spacial score (nSPS) is 15.1. The number of carbonyl (C=O) groups is 1. The van der Waals surface area contributed by atoms with Gasteiger partial charge >= 0.3 is 6.36 Å². The Kier molecular flexibility index (Phi) is 6.67. The van der Waals surface area contributed by atoms with Gasteiger partial charge in [-0.2, -0.15) is 0 Å². The van der Waals surface area contributed by atoms with Gasteiger partial charge < -0.3 is 15.0 Å². The molecule has 2 aromatic heterocycles. The van der Waals surface area contributed by atoms with Crippen LogP contribution in [0.4, 0.5) is 13.2 Å². The molecule has 0 aromatic carbocycles. The van der Waals surface area contributed by atoms with Gasteiger partial charge in [0.15, 0.2) is 0 Å². The Morgan fingerprint density at radius 3 is 2.58 bits per heavy atom. The first kappa shape index (κ1) is 19.8. The number of nitrogens with one attached hydrogen (secondary N) is 1. The average molecular weight is 373 g/mol. The highest BCUT2D eigenvalue weighted by Crippen LogP contribution is 2.18. The number of hydrogen-bond acceptors (Lipinski definition) is 5. The minimum Gasteiger partial charge on any atom is -0.347 e. The lowest BCUT2D eigenvalue weighted by Crippen LogP contribution is -2.37. The van der Waals surface area contributed by atoms with Gasteiger partial charge in [0.1, 0.15) is 0 Å². The Bertz CT molecular complexity index is 727. The number of imidazole rings is 1. The fraction of sp³-hybridized carbons (Fsp3) is 0.500. The van der Waals surface area contributed by atoms with Gasteiger partial charge in [0, 0.05) is 20.7 Å². The molecule has 0 radical (unpaired) electrons. The minimum absolute atomic E-state index is 0. The monoisotopic (exact) mass is 373 g/mol. The van der Waals surface area contributed by atoms with E-state index in [2.05, 4.69) is 20.3 Å². The third kappa shape index (κ3) is 6.43. The summed E-state index contributed by atoms with van der Waals surface area (Å²) in [5, 5.41) is 9.56. The molecule has 0 aliphatic heterocycles. The molecule has 10 heteroatoms. The van der Waals surface area contributed by atoms with Crippen LogP contribution in [0.15, 0.2) is 24.8 Å². The molecule has 0 saturated heterocycles. The van der Waals surface area contributed by atoms with Crippen molar-refractivity contribution in [3.63, 3.8) is 0 Å². The van der Waals surface area contributed by atoms with E-state index >= 15 is 0 Å². The lowest BCUT2D eigenvalue weighted by Gasteiger charge is -2.22. The van der Waals surface area contributed by atoms with Crippen molar-refractivity contribution in [3.05, 3.63) is 30.6 Å². The maximum absolute atomic E-state index is 12.3. The summed E-state index contributed by atoms with van der Waals surface area (Å²) in [5.41, 5.74) is 1.57. The van der Waals surface area contributed by atoms with E-state index in [-0.39, 0.29) is 19.2 Å². The van der Waals surface area contributed by atoms with E-state index in [9.17, 15) is 18.0 Å². The Labute approximate surface area is 149 Å². The van der Waals surface area contributed by atoms with Crippen molar-refractivity contribution in [3.8, 4) is 11.4 Å². The van der Waals surface area contributed by atoms with E-state index < -0.39 is 6.36 Å². The molecule has 1 aliphatic rings. The van der Waals surface area contributed by atoms with Gasteiger partial charge in [-0.15, -0.1) is 13.2 Å². The summed E-state index contributed by atoms with van der Waals surface area (Å²) in [4.78, 5) is 24.8. The van der Waals surface area contributed by atoms with Gasteiger partial charge in [0.05, 0.1) is 23.9 Å². The summed E-state index contributed by atoms with van der Waals surface area (Å²) in [6.45, 7) is 0. The molecule has 3 rings (SSSR count). The first-order chi connectivity index (χ1) is 12.2. The van der Waals surface area contributed by atoms with Gasteiger partial charge in [-0.3, -0.25) is 4.79 Å². The van der Waals surface area contributed by atoms with Crippen LogP contribution in [0.5, 0.6) is 0 Å². The summed E-state index contributed by atoms with van der Waals surface area (Å²) in [6.07, 6.45) is 5.77. The largest absolute Gasteiger partial charge is 0.519 e. The molecule has 1 fully saturated rings. The number of halogens is 3. The van der Waals surface area contributed by atoms with Gasteiger partial charge in [-0.05, 0) is 18.9 Å². The third-order valence-electron chi connectivity index (χ3n) is 3.88. The summed E-state index contributed by atoms with van der Waals surface area (Å²) >= 11 is 0. The van der Waals surface area contributed by atoms with Crippen molar-refractivity contribution in [1.82, 2.24) is 24.8 Å². The number of carbonyl (C=O) groups excluding carboxylic acids is 1. The molecule has 0 spiro atoms. The standard InChI is InChI=1S/C15H19N5O.CHF3O.H2/c1-20-10-16-9-13(20)12-7-8-17-14(19-12)15(21)18-11-5-3-2-4-6-11;2-1(3,4)5;/h7-11H,2-6H2,1H3,(H,18,21);5H;1H. The molecule has 2 heterocycles. The van der Waals surface area contributed by atoms with Crippen molar-refractivity contribution < 1.29 is 24.5 Å². The summed E-state index contributed by atoms with van der Waals surface area (Å²) < 4.78 is 31.6. The van der Waals surface area contributed by atoms with Gasteiger partial charge in [-0.1, -0.05) is 19.3 Å². The topological polar surface area (TPSA) is 92.9 Å². The highest BCUT2D eigenvalue weighted by Gasteiger charge is 2.20. The molecule has 2 aromatic rings. The third-order valence-corrected chi connectivity index (χ3v) is 3.88. The van der Waals surface area contributed by atoms with Crippen LogP contribution in [0, 0.1) is 0 Å². The smallest absolute Gasteiger partial charge is 0.347 e. The van der Waals surface area contributed by atoms with Crippen LogP contribution in [-0.2, 0) is 7.05 Å². The minimum atomic E-state index is -5.00. The number of nitrogens with zero attached hydrogens (tertiary/aromatic N) is 4. The fourth-order valence-electron chi connectivity index (χ4n) is 2.71. The van der Waals surface area contributed by atoms with Gasteiger partial charge in [-0.25, -0.2) is 15.0 Å². The van der Waals surface area contributed by atoms with Gasteiger partial charge in [0.25, 0.3) is 5.91 Å². The molecule has 0 atom stereocenters. The lowest BCUT2D eigenvalue weighted by molar-refractivity contribution is -0.295. The second kappa shape index (κ2) is 8.75.